The molecule has 1 fully saturated rings. The minimum atomic E-state index is -3.72. The first kappa shape index (κ1) is 17.4. The number of hydrogen-bond acceptors (Lipinski definition) is 4. The van der Waals surface area contributed by atoms with Crippen molar-refractivity contribution in [1.82, 2.24) is 4.31 Å². The van der Waals surface area contributed by atoms with Crippen LogP contribution in [-0.2, 0) is 16.6 Å². The fourth-order valence-electron chi connectivity index (χ4n) is 2.39. The van der Waals surface area contributed by atoms with E-state index in [-0.39, 0.29) is 32.0 Å². The van der Waals surface area contributed by atoms with Crippen molar-refractivity contribution >= 4 is 45.0 Å². The number of halogens is 2. The minimum absolute atomic E-state index is 0.0352. The molecule has 0 bridgehead atoms. The monoisotopic (exact) mass is 369 g/mol. The molecule has 1 saturated heterocycles. The molecule has 0 saturated carbocycles. The van der Waals surface area contributed by atoms with Crippen molar-refractivity contribution in [2.45, 2.75) is 35.8 Å². The van der Waals surface area contributed by atoms with E-state index in [0.717, 1.165) is 0 Å². The molecule has 1 aliphatic rings. The molecule has 1 N–H and O–H groups in total. The van der Waals surface area contributed by atoms with E-state index in [1.807, 2.05) is 13.8 Å². The molecule has 0 spiro atoms. The summed E-state index contributed by atoms with van der Waals surface area (Å²) < 4.78 is 27.1. The van der Waals surface area contributed by atoms with Gasteiger partial charge in [-0.1, -0.05) is 37.0 Å². The third-order valence-corrected chi connectivity index (χ3v) is 7.11. The molecule has 2 rings (SSSR count). The second-order valence-electron chi connectivity index (χ2n) is 5.11. The topological polar surface area (TPSA) is 57.6 Å². The van der Waals surface area contributed by atoms with Crippen LogP contribution in [0.15, 0.2) is 17.0 Å². The Hall–Kier alpha value is 0.0200. The Balaban J connectivity index is 2.47. The quantitative estimate of drug-likeness (QED) is 0.889. The lowest BCUT2D eigenvalue weighted by Crippen LogP contribution is -2.44. The van der Waals surface area contributed by atoms with Crippen molar-refractivity contribution in [2.75, 3.05) is 13.1 Å². The van der Waals surface area contributed by atoms with Crippen LogP contribution in [0.2, 0.25) is 10.0 Å². The highest BCUT2D eigenvalue weighted by molar-refractivity contribution is 8.00. The van der Waals surface area contributed by atoms with Gasteiger partial charge >= 0.3 is 0 Å². The first-order valence-corrected chi connectivity index (χ1v) is 9.64. The van der Waals surface area contributed by atoms with Gasteiger partial charge in [-0.25, -0.2) is 8.42 Å². The van der Waals surface area contributed by atoms with E-state index < -0.39 is 10.0 Å². The Labute approximate surface area is 139 Å². The first-order chi connectivity index (χ1) is 9.75. The normalized spacial score (nSPS) is 24.2. The van der Waals surface area contributed by atoms with Gasteiger partial charge in [0, 0.05) is 28.6 Å². The fourth-order valence-corrected chi connectivity index (χ4v) is 6.42. The van der Waals surface area contributed by atoms with E-state index in [4.69, 9.17) is 23.2 Å². The smallest absolute Gasteiger partial charge is 0.244 e. The molecule has 1 aromatic carbocycles. The molecule has 0 amide bonds. The zero-order chi connectivity index (χ0) is 15.8. The van der Waals surface area contributed by atoms with Crippen molar-refractivity contribution in [3.05, 3.63) is 27.7 Å². The Morgan fingerprint density at radius 2 is 1.86 bits per heavy atom. The summed E-state index contributed by atoms with van der Waals surface area (Å²) in [6, 6.07) is 2.82. The van der Waals surface area contributed by atoms with Crippen LogP contribution in [0, 0.1) is 0 Å². The van der Waals surface area contributed by atoms with Crippen molar-refractivity contribution in [2.24, 2.45) is 0 Å². The van der Waals surface area contributed by atoms with E-state index >= 15 is 0 Å². The molecule has 1 aliphatic heterocycles. The lowest BCUT2D eigenvalue weighted by Gasteiger charge is -2.34. The number of thioether (sulfide) groups is 1. The second kappa shape index (κ2) is 6.64. The Morgan fingerprint density at radius 1 is 1.29 bits per heavy atom. The van der Waals surface area contributed by atoms with Gasteiger partial charge in [-0.15, -0.1) is 0 Å². The lowest BCUT2D eigenvalue weighted by molar-refractivity contribution is 0.281. The molecule has 8 heteroatoms. The summed E-state index contributed by atoms with van der Waals surface area (Å²) in [5, 5.41) is 10.0. The summed E-state index contributed by atoms with van der Waals surface area (Å²) in [5.41, 5.74) is 0.315. The number of benzene rings is 1. The van der Waals surface area contributed by atoms with Crippen LogP contribution in [0.3, 0.4) is 0 Å². The zero-order valence-corrected chi connectivity index (χ0v) is 14.9. The highest BCUT2D eigenvalue weighted by atomic mass is 35.5. The minimum Gasteiger partial charge on any atom is -0.392 e. The maximum atomic E-state index is 12.8. The molecule has 2 atom stereocenters. The molecule has 4 nitrogen and oxygen atoms in total. The van der Waals surface area contributed by atoms with Crippen molar-refractivity contribution in [3.8, 4) is 0 Å². The standard InChI is InChI=1S/C13H17Cl2NO3S2/c1-8-5-16(6-9(2)20-8)21(18,19)12-4-11(14)3-10(7-17)13(12)15/h3-4,8-9,17H,5-7H2,1-2H3. The summed E-state index contributed by atoms with van der Waals surface area (Å²) in [6.07, 6.45) is 0. The molecule has 118 valence electrons. The average molecular weight is 370 g/mol. The highest BCUT2D eigenvalue weighted by Gasteiger charge is 2.34. The maximum absolute atomic E-state index is 12.8. The zero-order valence-electron chi connectivity index (χ0n) is 11.7. The Kier molecular flexibility index (Phi) is 5.50. The van der Waals surface area contributed by atoms with Gasteiger partial charge in [0.2, 0.25) is 10.0 Å². The van der Waals surface area contributed by atoms with Crippen molar-refractivity contribution in [1.29, 1.82) is 0 Å². The second-order valence-corrected chi connectivity index (χ2v) is 9.72. The molecular weight excluding hydrogens is 353 g/mol. The van der Waals surface area contributed by atoms with Crippen LogP contribution in [0.1, 0.15) is 19.4 Å². The SMILES string of the molecule is CC1CN(S(=O)(=O)c2cc(Cl)cc(CO)c2Cl)CC(C)S1. The first-order valence-electron chi connectivity index (χ1n) is 6.50. The van der Waals surface area contributed by atoms with Gasteiger partial charge in [-0.2, -0.15) is 16.1 Å². The van der Waals surface area contributed by atoms with Gasteiger partial charge in [0.15, 0.2) is 0 Å². The van der Waals surface area contributed by atoms with Crippen LogP contribution in [0.25, 0.3) is 0 Å². The third kappa shape index (κ3) is 3.68. The summed E-state index contributed by atoms with van der Waals surface area (Å²) in [4.78, 5) is -0.0352. The Morgan fingerprint density at radius 3 is 2.38 bits per heavy atom. The van der Waals surface area contributed by atoms with Gasteiger partial charge < -0.3 is 5.11 Å². The number of sulfonamides is 1. The van der Waals surface area contributed by atoms with Gasteiger partial charge in [-0.3, -0.25) is 0 Å². The molecular formula is C13H17Cl2NO3S2. The van der Waals surface area contributed by atoms with Crippen LogP contribution in [0.5, 0.6) is 0 Å². The fraction of sp³-hybridized carbons (Fsp3) is 0.538. The molecule has 1 heterocycles. The van der Waals surface area contributed by atoms with Gasteiger partial charge in [0.05, 0.1) is 11.6 Å². The lowest BCUT2D eigenvalue weighted by atomic mass is 10.2. The van der Waals surface area contributed by atoms with Crippen molar-refractivity contribution < 1.29 is 13.5 Å². The number of hydrogen-bond donors (Lipinski definition) is 1. The average Bonchev–Trinajstić information content (AvgIpc) is 2.39. The number of nitrogens with zero attached hydrogens (tertiary/aromatic N) is 1. The van der Waals surface area contributed by atoms with E-state index in [1.165, 1.54) is 16.4 Å². The summed E-state index contributed by atoms with van der Waals surface area (Å²) in [6.45, 7) is 4.52. The van der Waals surface area contributed by atoms with Crippen LogP contribution in [0.4, 0.5) is 0 Å². The van der Waals surface area contributed by atoms with Gasteiger partial charge in [0.1, 0.15) is 4.90 Å². The predicted molar refractivity (Wildman–Crippen MR) is 87.7 cm³/mol. The summed E-state index contributed by atoms with van der Waals surface area (Å²) >= 11 is 13.8. The number of aliphatic hydroxyl groups is 1. The number of aliphatic hydroxyl groups excluding tert-OH is 1. The molecule has 0 aliphatic carbocycles. The maximum Gasteiger partial charge on any atom is 0.244 e. The molecule has 2 unspecified atom stereocenters. The van der Waals surface area contributed by atoms with E-state index in [2.05, 4.69) is 0 Å². The molecule has 21 heavy (non-hydrogen) atoms. The van der Waals surface area contributed by atoms with Gasteiger partial charge in [-0.05, 0) is 17.7 Å². The van der Waals surface area contributed by atoms with Crippen molar-refractivity contribution in [3.63, 3.8) is 0 Å². The molecule has 0 aromatic heterocycles. The van der Waals surface area contributed by atoms with Gasteiger partial charge in [0.25, 0.3) is 0 Å². The molecule has 1 aromatic rings. The van der Waals surface area contributed by atoms with Crippen LogP contribution < -0.4 is 0 Å². The third-order valence-electron chi connectivity index (χ3n) is 3.25. The summed E-state index contributed by atoms with van der Waals surface area (Å²) in [7, 11) is -3.72. The van der Waals surface area contributed by atoms with E-state index in [9.17, 15) is 13.5 Å². The van der Waals surface area contributed by atoms with E-state index in [1.54, 1.807) is 11.8 Å². The Bertz CT molecular complexity index is 627. The highest BCUT2D eigenvalue weighted by Crippen LogP contribution is 2.34. The molecule has 0 radical (unpaired) electrons. The van der Waals surface area contributed by atoms with E-state index in [0.29, 0.717) is 18.7 Å². The largest absolute Gasteiger partial charge is 0.392 e. The number of rotatable bonds is 3. The predicted octanol–water partition coefficient (Wildman–Crippen LogP) is 3.00. The summed E-state index contributed by atoms with van der Waals surface area (Å²) in [5.74, 6) is 0. The van der Waals surface area contributed by atoms with Crippen LogP contribution >= 0.6 is 35.0 Å². The van der Waals surface area contributed by atoms with Crippen LogP contribution in [-0.4, -0.2) is 41.4 Å².